The Morgan fingerprint density at radius 3 is 2.24 bits per heavy atom. The van der Waals surface area contributed by atoms with E-state index in [1.54, 1.807) is 6.08 Å². The molecule has 1 aromatic carbocycles. The Balaban J connectivity index is 2.10. The maximum absolute atomic E-state index is 11.9. The number of ether oxygens (including phenoxy) is 2. The predicted octanol–water partition coefficient (Wildman–Crippen LogP) is 5.79. The summed E-state index contributed by atoms with van der Waals surface area (Å²) in [6.07, 6.45) is 9.89. The van der Waals surface area contributed by atoms with Gasteiger partial charge in [0, 0.05) is 6.08 Å². The van der Waals surface area contributed by atoms with Gasteiger partial charge in [0.1, 0.15) is 5.75 Å². The zero-order valence-electron chi connectivity index (χ0n) is 18.3. The average molecular weight is 405 g/mol. The van der Waals surface area contributed by atoms with Crippen molar-refractivity contribution >= 4 is 18.0 Å². The number of carbonyl (C=O) groups excluding carboxylic acids is 1. The van der Waals surface area contributed by atoms with Crippen molar-refractivity contribution in [2.24, 2.45) is 5.41 Å². The number of carboxylic acid groups (broad SMARTS) is 1. The van der Waals surface area contributed by atoms with E-state index in [1.807, 2.05) is 45.9 Å². The van der Waals surface area contributed by atoms with Crippen molar-refractivity contribution < 1.29 is 24.2 Å². The Morgan fingerprint density at radius 1 is 1.03 bits per heavy atom. The number of carbonyl (C=O) groups is 2. The van der Waals surface area contributed by atoms with Crippen LogP contribution in [0.1, 0.15) is 76.8 Å². The van der Waals surface area contributed by atoms with Crippen LogP contribution in [0.5, 0.6) is 5.75 Å². The first-order valence-corrected chi connectivity index (χ1v) is 10.6. The molecule has 5 heteroatoms. The zero-order chi connectivity index (χ0) is 21.7. The van der Waals surface area contributed by atoms with Gasteiger partial charge in [-0.2, -0.15) is 0 Å². The molecule has 0 radical (unpaired) electrons. The minimum Gasteiger partial charge on any atom is -0.493 e. The number of rotatable bonds is 14. The first-order chi connectivity index (χ1) is 13.8. The number of carboxylic acids is 1. The molecule has 0 aliphatic carbocycles. The number of hydrogen-bond donors (Lipinski definition) is 1. The SMILES string of the molecule is CCC(C)(C)C(=O)OCCCCCCCCOc1ccc(/C=C/C(=O)O)cc1C. The zero-order valence-corrected chi connectivity index (χ0v) is 18.3. The van der Waals surface area contributed by atoms with E-state index in [0.29, 0.717) is 13.2 Å². The summed E-state index contributed by atoms with van der Waals surface area (Å²) in [7, 11) is 0. The highest BCUT2D eigenvalue weighted by molar-refractivity contribution is 5.85. The lowest BCUT2D eigenvalue weighted by Gasteiger charge is -2.20. The van der Waals surface area contributed by atoms with Crippen LogP contribution in [0.4, 0.5) is 0 Å². The molecule has 1 rings (SSSR count). The van der Waals surface area contributed by atoms with Crippen LogP contribution in [-0.2, 0) is 14.3 Å². The highest BCUT2D eigenvalue weighted by Crippen LogP contribution is 2.22. The van der Waals surface area contributed by atoms with Crippen LogP contribution >= 0.6 is 0 Å². The van der Waals surface area contributed by atoms with Gasteiger partial charge in [-0.15, -0.1) is 0 Å². The molecule has 0 aromatic heterocycles. The van der Waals surface area contributed by atoms with Gasteiger partial charge in [-0.1, -0.05) is 38.7 Å². The fraction of sp³-hybridized carbons (Fsp3) is 0.583. The smallest absolute Gasteiger partial charge is 0.328 e. The average Bonchev–Trinajstić information content (AvgIpc) is 2.68. The second kappa shape index (κ2) is 13.0. The Morgan fingerprint density at radius 2 is 1.66 bits per heavy atom. The van der Waals surface area contributed by atoms with Crippen molar-refractivity contribution in [3.63, 3.8) is 0 Å². The quantitative estimate of drug-likeness (QED) is 0.241. The van der Waals surface area contributed by atoms with Gasteiger partial charge in [0.15, 0.2) is 0 Å². The largest absolute Gasteiger partial charge is 0.493 e. The highest BCUT2D eigenvalue weighted by Gasteiger charge is 2.26. The number of aryl methyl sites for hydroxylation is 1. The number of hydrogen-bond acceptors (Lipinski definition) is 4. The first kappa shape index (κ1) is 24.7. The summed E-state index contributed by atoms with van der Waals surface area (Å²) in [5.74, 6) is -0.211. The van der Waals surface area contributed by atoms with E-state index in [0.717, 1.165) is 67.9 Å². The number of aliphatic carboxylic acids is 1. The number of benzene rings is 1. The maximum Gasteiger partial charge on any atom is 0.328 e. The lowest BCUT2D eigenvalue weighted by molar-refractivity contribution is -0.154. The van der Waals surface area contributed by atoms with Crippen molar-refractivity contribution in [3.05, 3.63) is 35.4 Å². The molecule has 0 unspecified atom stereocenters. The van der Waals surface area contributed by atoms with Crippen LogP contribution in [0.2, 0.25) is 0 Å². The normalized spacial score (nSPS) is 11.6. The molecule has 162 valence electrons. The summed E-state index contributed by atoms with van der Waals surface area (Å²) in [5, 5.41) is 8.68. The van der Waals surface area contributed by atoms with Crippen LogP contribution in [0.15, 0.2) is 24.3 Å². The van der Waals surface area contributed by atoms with Crippen molar-refractivity contribution in [1.29, 1.82) is 0 Å². The van der Waals surface area contributed by atoms with Gasteiger partial charge in [0.2, 0.25) is 0 Å². The summed E-state index contributed by atoms with van der Waals surface area (Å²) >= 11 is 0. The predicted molar refractivity (Wildman–Crippen MR) is 116 cm³/mol. The van der Waals surface area contributed by atoms with E-state index in [4.69, 9.17) is 14.6 Å². The molecular weight excluding hydrogens is 368 g/mol. The van der Waals surface area contributed by atoms with Crippen molar-refractivity contribution in [2.45, 2.75) is 72.6 Å². The van der Waals surface area contributed by atoms with Gasteiger partial charge in [-0.3, -0.25) is 4.79 Å². The monoisotopic (exact) mass is 404 g/mol. The minimum atomic E-state index is -0.954. The van der Waals surface area contributed by atoms with Gasteiger partial charge in [0.25, 0.3) is 0 Å². The van der Waals surface area contributed by atoms with E-state index in [2.05, 4.69) is 0 Å². The lowest BCUT2D eigenvalue weighted by atomic mass is 9.91. The van der Waals surface area contributed by atoms with Crippen LogP contribution in [-0.4, -0.2) is 30.3 Å². The molecular formula is C24H36O5. The summed E-state index contributed by atoms with van der Waals surface area (Å²) in [4.78, 5) is 22.4. The molecule has 0 bridgehead atoms. The second-order valence-electron chi connectivity index (χ2n) is 8.04. The van der Waals surface area contributed by atoms with Crippen LogP contribution < -0.4 is 4.74 Å². The van der Waals surface area contributed by atoms with Gasteiger partial charge in [-0.05, 0) is 69.4 Å². The molecule has 0 saturated carbocycles. The van der Waals surface area contributed by atoms with E-state index in [1.165, 1.54) is 0 Å². The van der Waals surface area contributed by atoms with E-state index in [-0.39, 0.29) is 11.4 Å². The third-order valence-electron chi connectivity index (χ3n) is 5.08. The van der Waals surface area contributed by atoms with E-state index >= 15 is 0 Å². The first-order valence-electron chi connectivity index (χ1n) is 10.6. The molecule has 5 nitrogen and oxygen atoms in total. The number of unbranched alkanes of at least 4 members (excludes halogenated alkanes) is 5. The molecule has 0 atom stereocenters. The third kappa shape index (κ3) is 10.2. The fourth-order valence-corrected chi connectivity index (χ4v) is 2.70. The van der Waals surface area contributed by atoms with Crippen LogP contribution in [0, 0.1) is 12.3 Å². The number of esters is 1. The second-order valence-corrected chi connectivity index (χ2v) is 8.04. The highest BCUT2D eigenvalue weighted by atomic mass is 16.5. The Bertz CT molecular complexity index is 676. The fourth-order valence-electron chi connectivity index (χ4n) is 2.70. The van der Waals surface area contributed by atoms with Gasteiger partial charge in [-0.25, -0.2) is 4.79 Å². The van der Waals surface area contributed by atoms with Crippen LogP contribution in [0.3, 0.4) is 0 Å². The lowest BCUT2D eigenvalue weighted by Crippen LogP contribution is -2.26. The molecule has 0 saturated heterocycles. The molecule has 0 heterocycles. The molecule has 29 heavy (non-hydrogen) atoms. The standard InChI is InChI=1S/C24H36O5/c1-5-24(3,4)23(27)29-17-11-9-7-6-8-10-16-28-21-14-12-20(18-19(21)2)13-15-22(25)26/h12-15,18H,5-11,16-17H2,1-4H3,(H,25,26)/b15-13+. The summed E-state index contributed by atoms with van der Waals surface area (Å²) in [6.45, 7) is 8.99. The molecule has 1 aromatic rings. The van der Waals surface area contributed by atoms with Crippen molar-refractivity contribution in [3.8, 4) is 5.75 Å². The summed E-state index contributed by atoms with van der Waals surface area (Å²) < 4.78 is 11.2. The summed E-state index contributed by atoms with van der Waals surface area (Å²) in [5.41, 5.74) is 1.47. The minimum absolute atomic E-state index is 0.0987. The molecule has 0 fully saturated rings. The van der Waals surface area contributed by atoms with Crippen molar-refractivity contribution in [2.75, 3.05) is 13.2 Å². The molecule has 0 amide bonds. The molecule has 1 N–H and O–H groups in total. The molecule has 0 aliphatic rings. The molecule has 0 aliphatic heterocycles. The maximum atomic E-state index is 11.9. The van der Waals surface area contributed by atoms with Gasteiger partial charge < -0.3 is 14.6 Å². The Labute approximate surface area is 175 Å². The van der Waals surface area contributed by atoms with Crippen LogP contribution in [0.25, 0.3) is 6.08 Å². The summed E-state index contributed by atoms with van der Waals surface area (Å²) in [6, 6.07) is 5.66. The Hall–Kier alpha value is -2.30. The Kier molecular flexibility index (Phi) is 11.1. The third-order valence-corrected chi connectivity index (χ3v) is 5.08. The van der Waals surface area contributed by atoms with Gasteiger partial charge in [0.05, 0.1) is 18.6 Å². The van der Waals surface area contributed by atoms with E-state index < -0.39 is 5.97 Å². The molecule has 0 spiro atoms. The van der Waals surface area contributed by atoms with Gasteiger partial charge >= 0.3 is 11.9 Å². The van der Waals surface area contributed by atoms with E-state index in [9.17, 15) is 9.59 Å². The topological polar surface area (TPSA) is 72.8 Å². The van der Waals surface area contributed by atoms with Crippen molar-refractivity contribution in [1.82, 2.24) is 0 Å².